The topological polar surface area (TPSA) is 64.9 Å². The molecule has 1 aliphatic rings. The number of hydrogen-bond acceptors (Lipinski definition) is 4. The molecule has 0 radical (unpaired) electrons. The van der Waals surface area contributed by atoms with E-state index in [1.165, 1.54) is 0 Å². The number of rotatable bonds is 2. The van der Waals surface area contributed by atoms with E-state index in [0.29, 0.717) is 11.7 Å². The Morgan fingerprint density at radius 3 is 2.53 bits per heavy atom. The number of hydrogen-bond donors (Lipinski definition) is 1. The van der Waals surface area contributed by atoms with Gasteiger partial charge in [0.25, 0.3) is 0 Å². The molecule has 4 heteroatoms. The first kappa shape index (κ1) is 12.3. The minimum absolute atomic E-state index is 0.113. The second kappa shape index (κ2) is 4.26. The third-order valence-corrected chi connectivity index (χ3v) is 3.11. The van der Waals surface area contributed by atoms with Crippen molar-refractivity contribution in [1.82, 2.24) is 10.1 Å². The third-order valence-electron chi connectivity index (χ3n) is 3.11. The Labute approximate surface area is 102 Å². The van der Waals surface area contributed by atoms with Crippen molar-refractivity contribution < 1.29 is 4.52 Å². The maximum absolute atomic E-state index is 6.27. The Bertz CT molecular complexity index is 409. The van der Waals surface area contributed by atoms with Gasteiger partial charge in [-0.3, -0.25) is 0 Å². The first-order valence-corrected chi connectivity index (χ1v) is 6.21. The Kier molecular flexibility index (Phi) is 3.08. The molecule has 0 aromatic carbocycles. The summed E-state index contributed by atoms with van der Waals surface area (Å²) in [6, 6.07) is 0. The number of nitrogens with zero attached hydrogens (tertiary/aromatic N) is 2. The quantitative estimate of drug-likeness (QED) is 0.856. The lowest BCUT2D eigenvalue weighted by atomic mass is 9.96. The molecule has 4 nitrogen and oxygen atoms in total. The molecule has 17 heavy (non-hydrogen) atoms. The summed E-state index contributed by atoms with van der Waals surface area (Å²) in [5, 5.41) is 4.01. The highest BCUT2D eigenvalue weighted by Gasteiger charge is 2.35. The maximum Gasteiger partial charge on any atom is 0.250 e. The summed E-state index contributed by atoms with van der Waals surface area (Å²) in [5.74, 6) is 1.20. The van der Waals surface area contributed by atoms with E-state index >= 15 is 0 Å². The van der Waals surface area contributed by atoms with Crippen LogP contribution in [0.4, 0.5) is 0 Å². The maximum atomic E-state index is 6.27. The van der Waals surface area contributed by atoms with Gasteiger partial charge >= 0.3 is 0 Å². The Balaban J connectivity index is 2.13. The second-order valence-corrected chi connectivity index (χ2v) is 6.02. The third kappa shape index (κ3) is 2.94. The van der Waals surface area contributed by atoms with Gasteiger partial charge in [-0.1, -0.05) is 44.8 Å². The van der Waals surface area contributed by atoms with Crippen LogP contribution in [-0.2, 0) is 5.54 Å². The molecule has 0 saturated heterocycles. The van der Waals surface area contributed by atoms with Crippen molar-refractivity contribution >= 4 is 6.08 Å². The Hall–Kier alpha value is -1.16. The number of allylic oxidation sites excluding steroid dienone is 1. The van der Waals surface area contributed by atoms with Crippen molar-refractivity contribution in [1.29, 1.82) is 0 Å². The van der Waals surface area contributed by atoms with Crippen LogP contribution in [0.5, 0.6) is 0 Å². The molecule has 1 fully saturated rings. The molecule has 1 aromatic heterocycles. The molecule has 1 aromatic rings. The minimum Gasteiger partial charge on any atom is -0.335 e. The second-order valence-electron chi connectivity index (χ2n) is 6.02. The summed E-state index contributed by atoms with van der Waals surface area (Å²) in [7, 11) is 0. The highest BCUT2D eigenvalue weighted by molar-refractivity contribution is 5.38. The van der Waals surface area contributed by atoms with Gasteiger partial charge in [-0.2, -0.15) is 4.98 Å². The van der Waals surface area contributed by atoms with Gasteiger partial charge < -0.3 is 10.3 Å². The summed E-state index contributed by atoms with van der Waals surface area (Å²) in [6.07, 6.45) is 8.14. The molecular formula is C13H21N3O. The molecule has 0 amide bonds. The average molecular weight is 235 g/mol. The molecule has 1 saturated carbocycles. The average Bonchev–Trinajstić information content (AvgIpc) is 2.83. The van der Waals surface area contributed by atoms with Crippen LogP contribution in [0.2, 0.25) is 0 Å². The lowest BCUT2D eigenvalue weighted by molar-refractivity contribution is 0.364. The number of aromatic nitrogens is 2. The fraction of sp³-hybridized carbons (Fsp3) is 0.692. The SMILES string of the molecule is CC(C)(C)/C=C/c1nc(C2(N)CCCC2)no1. The van der Waals surface area contributed by atoms with Gasteiger partial charge in [0, 0.05) is 0 Å². The zero-order valence-electron chi connectivity index (χ0n) is 10.9. The van der Waals surface area contributed by atoms with Gasteiger partial charge in [-0.05, 0) is 24.3 Å². The van der Waals surface area contributed by atoms with Crippen LogP contribution >= 0.6 is 0 Å². The van der Waals surface area contributed by atoms with Crippen molar-refractivity contribution in [2.75, 3.05) is 0 Å². The summed E-state index contributed by atoms with van der Waals surface area (Å²) in [5.41, 5.74) is 6.02. The first-order chi connectivity index (χ1) is 7.89. The van der Waals surface area contributed by atoms with Gasteiger partial charge in [0.1, 0.15) is 0 Å². The molecule has 0 aliphatic heterocycles. The van der Waals surface area contributed by atoms with Crippen molar-refractivity contribution in [2.45, 2.75) is 52.0 Å². The fourth-order valence-corrected chi connectivity index (χ4v) is 2.06. The van der Waals surface area contributed by atoms with Gasteiger partial charge in [-0.25, -0.2) is 0 Å². The molecule has 94 valence electrons. The van der Waals surface area contributed by atoms with E-state index in [4.69, 9.17) is 10.3 Å². The van der Waals surface area contributed by atoms with Crippen LogP contribution in [0, 0.1) is 5.41 Å². The van der Waals surface area contributed by atoms with Crippen LogP contribution in [-0.4, -0.2) is 10.1 Å². The van der Waals surface area contributed by atoms with Crippen molar-refractivity contribution in [3.63, 3.8) is 0 Å². The molecule has 0 bridgehead atoms. The van der Waals surface area contributed by atoms with Crippen molar-refractivity contribution in [3.05, 3.63) is 17.8 Å². The molecule has 2 rings (SSSR count). The molecule has 1 aliphatic carbocycles. The highest BCUT2D eigenvalue weighted by Crippen LogP contribution is 2.34. The zero-order chi connectivity index (χ0) is 12.5. The largest absolute Gasteiger partial charge is 0.335 e. The smallest absolute Gasteiger partial charge is 0.250 e. The molecule has 0 unspecified atom stereocenters. The Morgan fingerprint density at radius 1 is 1.29 bits per heavy atom. The number of nitrogens with two attached hydrogens (primary N) is 1. The van der Waals surface area contributed by atoms with Gasteiger partial charge in [0.05, 0.1) is 5.54 Å². The standard InChI is InChI=1S/C13H21N3O/c1-12(2,3)9-6-10-15-11(16-17-10)13(14)7-4-5-8-13/h6,9H,4-5,7-8,14H2,1-3H3/b9-6+. The van der Waals surface area contributed by atoms with Crippen LogP contribution in [0.1, 0.15) is 58.2 Å². The Morgan fingerprint density at radius 2 is 1.94 bits per heavy atom. The summed E-state index contributed by atoms with van der Waals surface area (Å²) in [4.78, 5) is 4.38. The molecular weight excluding hydrogens is 214 g/mol. The molecule has 2 N–H and O–H groups in total. The lowest BCUT2D eigenvalue weighted by Crippen LogP contribution is -2.34. The van der Waals surface area contributed by atoms with E-state index in [9.17, 15) is 0 Å². The predicted octanol–water partition coefficient (Wildman–Crippen LogP) is 2.86. The molecule has 0 atom stereocenters. The van der Waals surface area contributed by atoms with Crippen LogP contribution < -0.4 is 5.73 Å². The van der Waals surface area contributed by atoms with E-state index in [1.54, 1.807) is 0 Å². The summed E-state index contributed by atoms with van der Waals surface area (Å²) < 4.78 is 5.21. The summed E-state index contributed by atoms with van der Waals surface area (Å²) >= 11 is 0. The predicted molar refractivity (Wildman–Crippen MR) is 67.1 cm³/mol. The minimum atomic E-state index is -0.364. The lowest BCUT2D eigenvalue weighted by Gasteiger charge is -2.17. The van der Waals surface area contributed by atoms with Gasteiger partial charge in [0.2, 0.25) is 5.89 Å². The van der Waals surface area contributed by atoms with Gasteiger partial charge in [0.15, 0.2) is 5.82 Å². The fourth-order valence-electron chi connectivity index (χ4n) is 2.06. The van der Waals surface area contributed by atoms with Gasteiger partial charge in [-0.15, -0.1) is 0 Å². The zero-order valence-corrected chi connectivity index (χ0v) is 10.9. The van der Waals surface area contributed by atoms with Crippen LogP contribution in [0.3, 0.4) is 0 Å². The van der Waals surface area contributed by atoms with E-state index in [1.807, 2.05) is 6.08 Å². The first-order valence-electron chi connectivity index (χ1n) is 6.21. The van der Waals surface area contributed by atoms with Crippen molar-refractivity contribution in [3.8, 4) is 0 Å². The molecule has 0 spiro atoms. The van der Waals surface area contributed by atoms with E-state index in [0.717, 1.165) is 25.7 Å². The van der Waals surface area contributed by atoms with E-state index in [2.05, 4.69) is 37.0 Å². The highest BCUT2D eigenvalue weighted by atomic mass is 16.5. The van der Waals surface area contributed by atoms with E-state index in [-0.39, 0.29) is 11.0 Å². The molecule has 1 heterocycles. The van der Waals surface area contributed by atoms with Crippen molar-refractivity contribution in [2.24, 2.45) is 11.1 Å². The summed E-state index contributed by atoms with van der Waals surface area (Å²) in [6.45, 7) is 6.38. The van der Waals surface area contributed by atoms with Crippen LogP contribution in [0.25, 0.3) is 6.08 Å². The van der Waals surface area contributed by atoms with E-state index < -0.39 is 0 Å². The monoisotopic (exact) mass is 235 g/mol. The van der Waals surface area contributed by atoms with Crippen LogP contribution in [0.15, 0.2) is 10.6 Å². The normalized spacial score (nSPS) is 20.2.